The minimum Gasteiger partial charge on any atom is -0.444 e. The van der Waals surface area contributed by atoms with E-state index in [0.717, 1.165) is 44.5 Å². The van der Waals surface area contributed by atoms with Crippen LogP contribution in [0.5, 0.6) is 11.8 Å². The van der Waals surface area contributed by atoms with Crippen LogP contribution in [0, 0.1) is 23.5 Å². The van der Waals surface area contributed by atoms with Gasteiger partial charge >= 0.3 is 12.1 Å². The Morgan fingerprint density at radius 3 is 2.43 bits per heavy atom. The van der Waals surface area contributed by atoms with Gasteiger partial charge in [-0.05, 0) is 114 Å². The van der Waals surface area contributed by atoms with Gasteiger partial charge in [-0.1, -0.05) is 6.92 Å². The van der Waals surface area contributed by atoms with Gasteiger partial charge in [-0.3, -0.25) is 14.0 Å². The van der Waals surface area contributed by atoms with Gasteiger partial charge in [0.1, 0.15) is 5.60 Å². The number of fused-ring (bicyclic) bond motifs is 1. The molecule has 3 aromatic heterocycles. The zero-order valence-corrected chi connectivity index (χ0v) is 34.9. The molecule has 0 radical (unpaired) electrons. The summed E-state index contributed by atoms with van der Waals surface area (Å²) in [6.07, 6.45) is 10.9. The van der Waals surface area contributed by atoms with Crippen LogP contribution < -0.4 is 20.7 Å². The molecule has 2 saturated heterocycles. The number of ether oxygens (including phenoxy) is 2. The molecule has 322 valence electrons. The van der Waals surface area contributed by atoms with Crippen molar-refractivity contribution < 1.29 is 32.6 Å². The molecule has 3 amide bonds. The minimum absolute atomic E-state index is 0.0300. The number of nitrogens with one attached hydrogen (secondary N) is 3. The van der Waals surface area contributed by atoms with Crippen molar-refractivity contribution in [3.05, 3.63) is 90.1 Å². The van der Waals surface area contributed by atoms with Gasteiger partial charge in [-0.25, -0.2) is 29.1 Å². The lowest BCUT2D eigenvalue weighted by atomic mass is 9.95. The number of carbonyl (C=O) groups is 3. The van der Waals surface area contributed by atoms with Crippen molar-refractivity contribution in [3.63, 3.8) is 0 Å². The third-order valence-corrected chi connectivity index (χ3v) is 10.8. The molecule has 2 aliphatic heterocycles. The molecule has 15 nitrogen and oxygen atoms in total. The van der Waals surface area contributed by atoms with Crippen LogP contribution in [-0.2, 0) is 16.0 Å². The maximum Gasteiger partial charge on any atom is 0.410 e. The fourth-order valence-corrected chi connectivity index (χ4v) is 7.73. The first kappa shape index (κ1) is 42.9. The number of amides is 3. The molecule has 2 aliphatic rings. The number of anilines is 2. The molecule has 61 heavy (non-hydrogen) atoms. The number of imidazole rings is 1. The van der Waals surface area contributed by atoms with Crippen LogP contribution in [0.3, 0.4) is 0 Å². The summed E-state index contributed by atoms with van der Waals surface area (Å²) in [5, 5.41) is 9.28. The molecule has 1 atom stereocenters. The number of likely N-dealkylation sites (tertiary alicyclic amines) is 2. The van der Waals surface area contributed by atoms with Crippen LogP contribution in [0.4, 0.5) is 25.1 Å². The highest BCUT2D eigenvalue weighted by Crippen LogP contribution is 2.33. The number of rotatable bonds is 14. The predicted octanol–water partition coefficient (Wildman–Crippen LogP) is 6.77. The van der Waals surface area contributed by atoms with E-state index >= 15 is 8.78 Å². The Hall–Kier alpha value is -6.23. The molecule has 5 aromatic rings. The van der Waals surface area contributed by atoms with Gasteiger partial charge < -0.3 is 35.2 Å². The van der Waals surface area contributed by atoms with E-state index in [2.05, 4.69) is 40.8 Å². The summed E-state index contributed by atoms with van der Waals surface area (Å²) in [6, 6.07) is 9.55. The molecule has 17 heteroatoms. The summed E-state index contributed by atoms with van der Waals surface area (Å²) < 4.78 is 43.0. The van der Waals surface area contributed by atoms with Crippen molar-refractivity contribution in [1.29, 1.82) is 0 Å². The summed E-state index contributed by atoms with van der Waals surface area (Å²) >= 11 is 0. The highest BCUT2D eigenvalue weighted by Gasteiger charge is 2.32. The fourth-order valence-electron chi connectivity index (χ4n) is 7.73. The molecule has 0 bridgehead atoms. The minimum atomic E-state index is -1.19. The van der Waals surface area contributed by atoms with Gasteiger partial charge in [0.2, 0.25) is 11.7 Å². The summed E-state index contributed by atoms with van der Waals surface area (Å²) in [7, 11) is 0. The summed E-state index contributed by atoms with van der Waals surface area (Å²) in [5.41, 5.74) is 2.16. The summed E-state index contributed by atoms with van der Waals surface area (Å²) in [5.74, 6) is -2.07. The number of aryl methyl sites for hydroxylation is 1. The Labute approximate surface area is 353 Å². The third-order valence-electron chi connectivity index (χ3n) is 10.8. The van der Waals surface area contributed by atoms with E-state index in [0.29, 0.717) is 73.3 Å². The van der Waals surface area contributed by atoms with E-state index in [-0.39, 0.29) is 41.1 Å². The van der Waals surface area contributed by atoms with Crippen LogP contribution in [0.1, 0.15) is 69.3 Å². The molecular weight excluding hydrogens is 787 g/mol. The first-order chi connectivity index (χ1) is 29.4. The van der Waals surface area contributed by atoms with E-state index in [4.69, 9.17) is 9.47 Å². The lowest BCUT2D eigenvalue weighted by molar-refractivity contribution is -0.126. The number of hydrogen-bond donors (Lipinski definition) is 3. The van der Waals surface area contributed by atoms with Gasteiger partial charge in [0.25, 0.3) is 5.91 Å². The average molecular weight is 839 g/mol. The van der Waals surface area contributed by atoms with Crippen molar-refractivity contribution in [2.24, 2.45) is 11.8 Å². The maximum absolute atomic E-state index is 15.4. The van der Waals surface area contributed by atoms with Gasteiger partial charge in [0.15, 0.2) is 23.0 Å². The van der Waals surface area contributed by atoms with E-state index in [9.17, 15) is 14.4 Å². The summed E-state index contributed by atoms with van der Waals surface area (Å²) in [4.78, 5) is 59.5. The predicted molar refractivity (Wildman–Crippen MR) is 225 cm³/mol. The van der Waals surface area contributed by atoms with E-state index < -0.39 is 17.2 Å². The van der Waals surface area contributed by atoms with Crippen LogP contribution in [-0.4, -0.2) is 103 Å². The van der Waals surface area contributed by atoms with Crippen molar-refractivity contribution in [3.8, 4) is 23.0 Å². The Bertz CT molecular complexity index is 2350. The fraction of sp³-hybridized carbons (Fsp3) is 0.432. The lowest BCUT2D eigenvalue weighted by Gasteiger charge is -2.33. The third kappa shape index (κ3) is 10.6. The van der Waals surface area contributed by atoms with Gasteiger partial charge in [-0.15, -0.1) is 0 Å². The highest BCUT2D eigenvalue weighted by atomic mass is 19.2. The number of nitrogens with zero attached hydrogens (tertiary/aromatic N) is 7. The zero-order chi connectivity index (χ0) is 43.1. The number of halogens is 2. The van der Waals surface area contributed by atoms with E-state index in [1.807, 2.05) is 33.8 Å². The average Bonchev–Trinajstić information content (AvgIpc) is 3.91. The maximum atomic E-state index is 15.4. The zero-order valence-electron chi connectivity index (χ0n) is 34.9. The Morgan fingerprint density at radius 1 is 0.902 bits per heavy atom. The molecule has 0 saturated carbocycles. The molecule has 2 aromatic carbocycles. The number of aromatic nitrogens is 5. The first-order valence-electron chi connectivity index (χ1n) is 20.8. The van der Waals surface area contributed by atoms with Gasteiger partial charge in [-0.2, -0.15) is 4.39 Å². The standard InChI is InChI=1S/C44H52F2N10O5/c1-5-29-24-31(53-38-39-52-25-34(56(39)23-19-47-38)33-10-11-35(37(46)36(33)45)60-42-50-17-7-18-51-42)8-9-32(29)41(58)49-16-6-15-48-40(57)30-13-20-54(21-14-30)26-28-12-22-55(27-28)43(59)61-44(2,3)4/h7-11,17-19,23-25,28,30H,5-6,12-16,20-22,26-27H2,1-4H3,(H,47,53)(H,48,57)(H,49,58). The topological polar surface area (TPSA) is 168 Å². The Kier molecular flexibility index (Phi) is 13.4. The number of piperidine rings is 1. The van der Waals surface area contributed by atoms with Gasteiger partial charge in [0, 0.05) is 80.2 Å². The van der Waals surface area contributed by atoms with Crippen LogP contribution in [0.15, 0.2) is 67.4 Å². The number of benzene rings is 2. The Balaban J connectivity index is 0.861. The molecule has 7 rings (SSSR count). The quantitative estimate of drug-likeness (QED) is 0.101. The molecule has 5 heterocycles. The van der Waals surface area contributed by atoms with Crippen molar-refractivity contribution in [2.75, 3.05) is 51.1 Å². The SMILES string of the molecule is CCc1cc(Nc2nccn3c(-c4ccc(Oc5ncccn5)c(F)c4F)cnc23)ccc1C(=O)NCCCNC(=O)C1CCN(CC2CCN(C(=O)OC(C)(C)C)C2)CC1. The van der Waals surface area contributed by atoms with E-state index in [1.54, 1.807) is 33.7 Å². The van der Waals surface area contributed by atoms with Crippen LogP contribution in [0.2, 0.25) is 0 Å². The second kappa shape index (κ2) is 19.0. The second-order valence-electron chi connectivity index (χ2n) is 16.4. The van der Waals surface area contributed by atoms with Crippen molar-refractivity contribution >= 4 is 35.1 Å². The Morgan fingerprint density at radius 2 is 1.67 bits per heavy atom. The monoisotopic (exact) mass is 838 g/mol. The largest absolute Gasteiger partial charge is 0.444 e. The molecule has 0 aliphatic carbocycles. The normalized spacial score (nSPS) is 16.1. The van der Waals surface area contributed by atoms with E-state index in [1.165, 1.54) is 36.9 Å². The number of hydrogen-bond acceptors (Lipinski definition) is 11. The van der Waals surface area contributed by atoms with Crippen molar-refractivity contribution in [2.45, 2.75) is 65.4 Å². The van der Waals surface area contributed by atoms with Crippen LogP contribution >= 0.6 is 0 Å². The molecule has 0 spiro atoms. The first-order valence-corrected chi connectivity index (χ1v) is 20.8. The molecule has 1 unspecified atom stereocenters. The second-order valence-corrected chi connectivity index (χ2v) is 16.4. The van der Waals surface area contributed by atoms with Crippen LogP contribution in [0.25, 0.3) is 16.9 Å². The smallest absolute Gasteiger partial charge is 0.410 e. The van der Waals surface area contributed by atoms with Crippen molar-refractivity contribution in [1.82, 2.24) is 44.8 Å². The van der Waals surface area contributed by atoms with Gasteiger partial charge in [0.05, 0.1) is 11.9 Å². The number of carbonyl (C=O) groups excluding carboxylic acids is 3. The summed E-state index contributed by atoms with van der Waals surface area (Å²) in [6.45, 7) is 12.5. The molecule has 3 N–H and O–H groups in total. The lowest BCUT2D eigenvalue weighted by Crippen LogP contribution is -2.43. The molecule has 2 fully saturated rings. The molecular formula is C44H52F2N10O5. The highest BCUT2D eigenvalue weighted by molar-refractivity contribution is 5.96.